The van der Waals surface area contributed by atoms with Gasteiger partial charge >= 0.3 is 0 Å². The summed E-state index contributed by atoms with van der Waals surface area (Å²) in [6, 6.07) is 8.52. The fraction of sp³-hybridized carbons (Fsp3) is 0.619. The van der Waals surface area contributed by atoms with E-state index in [1.165, 1.54) is 12.8 Å². The molecule has 3 fully saturated rings. The van der Waals surface area contributed by atoms with Crippen LogP contribution in [0.3, 0.4) is 0 Å². The van der Waals surface area contributed by atoms with Gasteiger partial charge < -0.3 is 20.3 Å². The van der Waals surface area contributed by atoms with Gasteiger partial charge in [0, 0.05) is 43.3 Å². The van der Waals surface area contributed by atoms with Gasteiger partial charge in [0.25, 0.3) is 5.91 Å². The lowest BCUT2D eigenvalue weighted by Gasteiger charge is -2.28. The maximum absolute atomic E-state index is 12.4. The van der Waals surface area contributed by atoms with Gasteiger partial charge in [0.05, 0.1) is 0 Å². The van der Waals surface area contributed by atoms with Crippen LogP contribution in [0, 0.1) is 5.92 Å². The minimum Gasteiger partial charge on any atom is -0.484 e. The first-order chi connectivity index (χ1) is 13.2. The molecule has 0 saturated carbocycles. The fourth-order valence-electron chi connectivity index (χ4n) is 4.68. The van der Waals surface area contributed by atoms with E-state index in [2.05, 4.69) is 10.6 Å². The van der Waals surface area contributed by atoms with Crippen molar-refractivity contribution in [1.29, 1.82) is 0 Å². The Morgan fingerprint density at radius 1 is 1.15 bits per heavy atom. The summed E-state index contributed by atoms with van der Waals surface area (Å²) in [7, 11) is 0. The topological polar surface area (TPSA) is 70.7 Å². The molecule has 0 radical (unpaired) electrons. The Hall–Kier alpha value is -2.08. The Kier molecular flexibility index (Phi) is 5.62. The van der Waals surface area contributed by atoms with E-state index in [1.807, 2.05) is 23.1 Å². The number of piperidine rings is 1. The standard InChI is InChI=1S/C21H29N3O3/c25-20(12-15-10-17-6-7-18(11-15)22-17)23-16-4-3-5-19(13-16)27-14-21(26)24-8-1-2-9-24/h3-5,13,15,17-18,22H,1-2,6-12,14H2,(H,23,25). The average Bonchev–Trinajstić information content (AvgIpc) is 3.30. The molecule has 1 aromatic carbocycles. The van der Waals surface area contributed by atoms with Crippen molar-refractivity contribution in [2.24, 2.45) is 5.92 Å². The van der Waals surface area contributed by atoms with Gasteiger partial charge in [-0.15, -0.1) is 0 Å². The zero-order chi connectivity index (χ0) is 18.6. The molecular formula is C21H29N3O3. The van der Waals surface area contributed by atoms with E-state index in [1.54, 1.807) is 6.07 Å². The molecule has 2 amide bonds. The van der Waals surface area contributed by atoms with Crippen LogP contribution in [0.25, 0.3) is 0 Å². The number of rotatable bonds is 6. The lowest BCUT2D eigenvalue weighted by Crippen LogP contribution is -2.39. The Balaban J connectivity index is 1.25. The number of fused-ring (bicyclic) bond motifs is 2. The van der Waals surface area contributed by atoms with Gasteiger partial charge in [0.2, 0.25) is 5.91 Å². The molecule has 4 rings (SSSR count). The number of benzene rings is 1. The molecule has 3 aliphatic rings. The number of carbonyl (C=O) groups excluding carboxylic acids is 2. The number of amides is 2. The minimum atomic E-state index is 0.0301. The summed E-state index contributed by atoms with van der Waals surface area (Å²) in [5, 5.41) is 6.60. The second kappa shape index (κ2) is 8.30. The summed E-state index contributed by atoms with van der Waals surface area (Å²) >= 11 is 0. The molecule has 6 nitrogen and oxygen atoms in total. The van der Waals surface area contributed by atoms with Crippen LogP contribution in [0.5, 0.6) is 5.75 Å². The van der Waals surface area contributed by atoms with Crippen molar-refractivity contribution in [2.45, 2.75) is 57.0 Å². The van der Waals surface area contributed by atoms with Crippen LogP contribution < -0.4 is 15.4 Å². The van der Waals surface area contributed by atoms with Gasteiger partial charge in [-0.3, -0.25) is 9.59 Å². The van der Waals surface area contributed by atoms with Crippen LogP contribution in [0.2, 0.25) is 0 Å². The number of nitrogens with zero attached hydrogens (tertiary/aromatic N) is 1. The first kappa shape index (κ1) is 18.3. The predicted molar refractivity (Wildman–Crippen MR) is 104 cm³/mol. The zero-order valence-corrected chi connectivity index (χ0v) is 15.8. The van der Waals surface area contributed by atoms with Crippen LogP contribution in [0.1, 0.15) is 44.9 Å². The molecule has 0 aromatic heterocycles. The predicted octanol–water partition coefficient (Wildman–Crippen LogP) is 2.55. The van der Waals surface area contributed by atoms with E-state index in [-0.39, 0.29) is 18.4 Å². The van der Waals surface area contributed by atoms with Crippen molar-refractivity contribution >= 4 is 17.5 Å². The number of nitrogens with one attached hydrogen (secondary N) is 2. The molecule has 1 aromatic rings. The third-order valence-corrected chi connectivity index (χ3v) is 5.98. The van der Waals surface area contributed by atoms with Crippen LogP contribution in [0.4, 0.5) is 5.69 Å². The average molecular weight is 371 g/mol. The van der Waals surface area contributed by atoms with Crippen molar-refractivity contribution in [3.63, 3.8) is 0 Å². The maximum Gasteiger partial charge on any atom is 0.260 e. The van der Waals surface area contributed by atoms with Gasteiger partial charge in [-0.05, 0) is 56.6 Å². The molecule has 2 bridgehead atoms. The summed E-state index contributed by atoms with van der Waals surface area (Å²) in [6.45, 7) is 1.71. The fourth-order valence-corrected chi connectivity index (χ4v) is 4.68. The van der Waals surface area contributed by atoms with Crippen molar-refractivity contribution in [1.82, 2.24) is 10.2 Å². The molecule has 2 atom stereocenters. The molecule has 3 heterocycles. The Morgan fingerprint density at radius 2 is 1.89 bits per heavy atom. The number of anilines is 1. The van der Waals surface area contributed by atoms with Crippen molar-refractivity contribution in [3.05, 3.63) is 24.3 Å². The Labute approximate surface area is 160 Å². The molecule has 3 saturated heterocycles. The SMILES string of the molecule is O=C(CC1CC2CCC(C1)N2)Nc1cccc(OCC(=O)N2CCCC2)c1. The molecule has 3 aliphatic heterocycles. The molecule has 27 heavy (non-hydrogen) atoms. The van der Waals surface area contributed by atoms with Crippen molar-refractivity contribution in [3.8, 4) is 5.75 Å². The molecule has 0 aliphatic carbocycles. The maximum atomic E-state index is 12.4. The first-order valence-electron chi connectivity index (χ1n) is 10.2. The Morgan fingerprint density at radius 3 is 2.63 bits per heavy atom. The third kappa shape index (κ3) is 4.80. The normalized spacial score (nSPS) is 26.8. The van der Waals surface area contributed by atoms with E-state index in [0.29, 0.717) is 30.2 Å². The quantitative estimate of drug-likeness (QED) is 0.806. The van der Waals surface area contributed by atoms with Gasteiger partial charge in [-0.1, -0.05) is 6.07 Å². The highest BCUT2D eigenvalue weighted by Gasteiger charge is 2.34. The highest BCUT2D eigenvalue weighted by atomic mass is 16.5. The minimum absolute atomic E-state index is 0.0301. The summed E-state index contributed by atoms with van der Waals surface area (Å²) in [5.41, 5.74) is 0.725. The molecule has 146 valence electrons. The van der Waals surface area contributed by atoms with Crippen molar-refractivity contribution < 1.29 is 14.3 Å². The summed E-state index contributed by atoms with van der Waals surface area (Å²) in [5.74, 6) is 1.18. The number of hydrogen-bond donors (Lipinski definition) is 2. The first-order valence-corrected chi connectivity index (χ1v) is 10.2. The van der Waals surface area contributed by atoms with Crippen LogP contribution in [-0.2, 0) is 9.59 Å². The van der Waals surface area contributed by atoms with Crippen LogP contribution >= 0.6 is 0 Å². The summed E-state index contributed by atoms with van der Waals surface area (Å²) < 4.78 is 5.64. The largest absolute Gasteiger partial charge is 0.484 e. The third-order valence-electron chi connectivity index (χ3n) is 5.98. The van der Waals surface area contributed by atoms with Gasteiger partial charge in [0.15, 0.2) is 6.61 Å². The van der Waals surface area contributed by atoms with Crippen LogP contribution in [0.15, 0.2) is 24.3 Å². The molecular weight excluding hydrogens is 342 g/mol. The van der Waals surface area contributed by atoms with Crippen molar-refractivity contribution in [2.75, 3.05) is 25.0 Å². The molecule has 2 N–H and O–H groups in total. The number of ether oxygens (including phenoxy) is 1. The lowest BCUT2D eigenvalue weighted by atomic mass is 9.89. The zero-order valence-electron chi connectivity index (χ0n) is 15.8. The number of carbonyl (C=O) groups is 2. The highest BCUT2D eigenvalue weighted by molar-refractivity contribution is 5.91. The van der Waals surface area contributed by atoms with Gasteiger partial charge in [-0.25, -0.2) is 0 Å². The number of hydrogen-bond acceptors (Lipinski definition) is 4. The lowest BCUT2D eigenvalue weighted by molar-refractivity contribution is -0.132. The van der Waals surface area contributed by atoms with Gasteiger partial charge in [-0.2, -0.15) is 0 Å². The molecule has 2 unspecified atom stereocenters. The van der Waals surface area contributed by atoms with Crippen LogP contribution in [-0.4, -0.2) is 48.5 Å². The van der Waals surface area contributed by atoms with Gasteiger partial charge in [0.1, 0.15) is 5.75 Å². The highest BCUT2D eigenvalue weighted by Crippen LogP contribution is 2.32. The smallest absolute Gasteiger partial charge is 0.260 e. The molecule has 0 spiro atoms. The Bertz CT molecular complexity index is 675. The van der Waals surface area contributed by atoms with E-state index < -0.39 is 0 Å². The summed E-state index contributed by atoms with van der Waals surface area (Å²) in [6.07, 6.45) is 7.43. The summed E-state index contributed by atoms with van der Waals surface area (Å²) in [4.78, 5) is 26.4. The van der Waals surface area contributed by atoms with E-state index >= 15 is 0 Å². The van der Waals surface area contributed by atoms with E-state index in [0.717, 1.165) is 44.5 Å². The van der Waals surface area contributed by atoms with E-state index in [4.69, 9.17) is 4.74 Å². The van der Waals surface area contributed by atoms with E-state index in [9.17, 15) is 9.59 Å². The molecule has 6 heteroatoms. The second-order valence-corrected chi connectivity index (χ2v) is 8.13. The number of likely N-dealkylation sites (tertiary alicyclic amines) is 1. The second-order valence-electron chi connectivity index (χ2n) is 8.13. The monoisotopic (exact) mass is 371 g/mol.